The second-order valence-corrected chi connectivity index (χ2v) is 6.41. The van der Waals surface area contributed by atoms with Crippen LogP contribution in [-0.2, 0) is 0 Å². The Kier molecular flexibility index (Phi) is 3.74. The van der Waals surface area contributed by atoms with E-state index in [1.807, 2.05) is 39.1 Å². The summed E-state index contributed by atoms with van der Waals surface area (Å²) in [5, 5.41) is 3.20. The van der Waals surface area contributed by atoms with Crippen LogP contribution in [0.3, 0.4) is 0 Å². The second-order valence-electron chi connectivity index (χ2n) is 5.55. The van der Waals surface area contributed by atoms with Crippen LogP contribution in [0.25, 0.3) is 21.5 Å². The van der Waals surface area contributed by atoms with Crippen molar-refractivity contribution in [1.82, 2.24) is 4.98 Å². The molecule has 114 valence electrons. The lowest BCUT2D eigenvalue weighted by atomic mass is 10.1. The molecule has 0 aliphatic rings. The Morgan fingerprint density at radius 1 is 1.27 bits per heavy atom. The molecule has 0 atom stereocenters. The number of fused-ring (bicyclic) bond motifs is 1. The molecule has 0 spiro atoms. The van der Waals surface area contributed by atoms with Crippen LogP contribution >= 0.6 is 11.3 Å². The van der Waals surface area contributed by atoms with E-state index in [-0.39, 0.29) is 11.5 Å². The van der Waals surface area contributed by atoms with Crippen molar-refractivity contribution in [2.75, 3.05) is 0 Å². The summed E-state index contributed by atoms with van der Waals surface area (Å²) in [4.78, 5) is 17.1. The highest BCUT2D eigenvalue weighted by molar-refractivity contribution is 7.13. The predicted octanol–water partition coefficient (Wildman–Crippen LogP) is 4.32. The number of hydrogen-bond acceptors (Lipinski definition) is 5. The third-order valence-corrected chi connectivity index (χ3v) is 4.26. The SMILES string of the molecule is Cc1csc(-c2coc3cc(OC(C)C)cc(C)c3c2=O)n1. The number of benzene rings is 1. The van der Waals surface area contributed by atoms with Crippen molar-refractivity contribution in [3.63, 3.8) is 0 Å². The minimum Gasteiger partial charge on any atom is -0.491 e. The summed E-state index contributed by atoms with van der Waals surface area (Å²) in [6.45, 7) is 7.72. The van der Waals surface area contributed by atoms with Gasteiger partial charge >= 0.3 is 0 Å². The van der Waals surface area contributed by atoms with Gasteiger partial charge in [0.25, 0.3) is 0 Å². The van der Waals surface area contributed by atoms with E-state index in [0.717, 1.165) is 11.3 Å². The fraction of sp³-hybridized carbons (Fsp3) is 0.294. The Morgan fingerprint density at radius 2 is 2.05 bits per heavy atom. The van der Waals surface area contributed by atoms with Gasteiger partial charge < -0.3 is 9.15 Å². The van der Waals surface area contributed by atoms with Crippen molar-refractivity contribution in [3.05, 3.63) is 45.3 Å². The van der Waals surface area contributed by atoms with Gasteiger partial charge in [-0.25, -0.2) is 4.98 Å². The van der Waals surface area contributed by atoms with E-state index in [2.05, 4.69) is 4.98 Å². The fourth-order valence-electron chi connectivity index (χ4n) is 2.38. The molecule has 0 aliphatic carbocycles. The Balaban J connectivity index is 2.19. The molecule has 0 N–H and O–H groups in total. The Hall–Kier alpha value is -2.14. The molecule has 2 heterocycles. The molecular formula is C17H17NO3S. The largest absolute Gasteiger partial charge is 0.491 e. The monoisotopic (exact) mass is 315 g/mol. The normalized spacial score (nSPS) is 11.3. The summed E-state index contributed by atoms with van der Waals surface area (Å²) in [5.74, 6) is 0.709. The Morgan fingerprint density at radius 3 is 2.68 bits per heavy atom. The number of ether oxygens (including phenoxy) is 1. The third kappa shape index (κ3) is 2.64. The second kappa shape index (κ2) is 5.57. The summed E-state index contributed by atoms with van der Waals surface area (Å²) < 4.78 is 11.4. The van der Waals surface area contributed by atoms with Crippen LogP contribution in [0.5, 0.6) is 5.75 Å². The van der Waals surface area contributed by atoms with E-state index in [1.54, 1.807) is 6.07 Å². The van der Waals surface area contributed by atoms with E-state index < -0.39 is 0 Å². The Labute approximate surface area is 132 Å². The van der Waals surface area contributed by atoms with Crippen molar-refractivity contribution in [2.45, 2.75) is 33.8 Å². The standard InChI is InChI=1S/C17H17NO3S/c1-9(2)21-12-5-10(3)15-14(6-12)20-7-13(16(15)19)17-18-11(4)8-22-17/h5-9H,1-4H3. The van der Waals surface area contributed by atoms with Gasteiger partial charge in [-0.1, -0.05) is 0 Å². The zero-order valence-electron chi connectivity index (χ0n) is 13.0. The van der Waals surface area contributed by atoms with Crippen LogP contribution in [0, 0.1) is 13.8 Å². The Bertz CT molecular complexity index is 893. The van der Waals surface area contributed by atoms with Gasteiger partial charge in [0, 0.05) is 17.1 Å². The van der Waals surface area contributed by atoms with Crippen molar-refractivity contribution in [3.8, 4) is 16.3 Å². The number of nitrogens with zero attached hydrogens (tertiary/aromatic N) is 1. The van der Waals surface area contributed by atoms with E-state index in [0.29, 0.717) is 27.3 Å². The van der Waals surface area contributed by atoms with Crippen LogP contribution in [0.4, 0.5) is 0 Å². The summed E-state index contributed by atoms with van der Waals surface area (Å²) in [5.41, 5.74) is 2.74. The molecule has 5 heteroatoms. The smallest absolute Gasteiger partial charge is 0.203 e. The average Bonchev–Trinajstić information content (AvgIpc) is 2.84. The van der Waals surface area contributed by atoms with Gasteiger partial charge in [0.1, 0.15) is 22.6 Å². The maximum Gasteiger partial charge on any atom is 0.203 e. The van der Waals surface area contributed by atoms with Gasteiger partial charge in [0.2, 0.25) is 5.43 Å². The third-order valence-electron chi connectivity index (χ3n) is 3.27. The molecular weight excluding hydrogens is 298 g/mol. The van der Waals surface area contributed by atoms with Gasteiger partial charge in [-0.15, -0.1) is 11.3 Å². The molecule has 22 heavy (non-hydrogen) atoms. The number of hydrogen-bond donors (Lipinski definition) is 0. The van der Waals surface area contributed by atoms with Gasteiger partial charge in [0.15, 0.2) is 0 Å². The van der Waals surface area contributed by atoms with Crippen molar-refractivity contribution >= 4 is 22.3 Å². The molecule has 0 unspecified atom stereocenters. The summed E-state index contributed by atoms with van der Waals surface area (Å²) in [6, 6.07) is 3.64. The highest BCUT2D eigenvalue weighted by Gasteiger charge is 2.15. The molecule has 4 nitrogen and oxygen atoms in total. The van der Waals surface area contributed by atoms with Gasteiger partial charge in [-0.3, -0.25) is 4.79 Å². The molecule has 0 bridgehead atoms. The minimum absolute atomic E-state index is 0.0517. The molecule has 0 saturated heterocycles. The highest BCUT2D eigenvalue weighted by Crippen LogP contribution is 2.27. The zero-order valence-corrected chi connectivity index (χ0v) is 13.8. The first-order valence-corrected chi connectivity index (χ1v) is 7.99. The summed E-state index contributed by atoms with van der Waals surface area (Å²) in [6.07, 6.45) is 1.56. The molecule has 0 saturated carbocycles. The van der Waals surface area contributed by atoms with Gasteiger partial charge in [0.05, 0.1) is 17.1 Å². The maximum atomic E-state index is 12.8. The number of aryl methyl sites for hydroxylation is 2. The molecule has 0 fully saturated rings. The molecule has 2 aromatic heterocycles. The maximum absolute atomic E-state index is 12.8. The van der Waals surface area contributed by atoms with E-state index in [1.165, 1.54) is 17.6 Å². The lowest BCUT2D eigenvalue weighted by molar-refractivity contribution is 0.242. The summed E-state index contributed by atoms with van der Waals surface area (Å²) in [7, 11) is 0. The first-order valence-electron chi connectivity index (χ1n) is 7.11. The van der Waals surface area contributed by atoms with Crippen molar-refractivity contribution in [2.24, 2.45) is 0 Å². The van der Waals surface area contributed by atoms with Crippen molar-refractivity contribution < 1.29 is 9.15 Å². The highest BCUT2D eigenvalue weighted by atomic mass is 32.1. The van der Waals surface area contributed by atoms with Crippen LogP contribution in [0.1, 0.15) is 25.1 Å². The van der Waals surface area contributed by atoms with E-state index in [4.69, 9.17) is 9.15 Å². The molecule has 0 amide bonds. The predicted molar refractivity (Wildman–Crippen MR) is 88.8 cm³/mol. The van der Waals surface area contributed by atoms with Gasteiger partial charge in [-0.2, -0.15) is 0 Å². The number of aromatic nitrogens is 1. The lowest BCUT2D eigenvalue weighted by Gasteiger charge is -2.11. The molecule has 0 radical (unpaired) electrons. The topological polar surface area (TPSA) is 52.3 Å². The number of rotatable bonds is 3. The van der Waals surface area contributed by atoms with Crippen LogP contribution in [0.15, 0.2) is 33.0 Å². The molecule has 3 rings (SSSR count). The molecule has 0 aliphatic heterocycles. The summed E-state index contributed by atoms with van der Waals surface area (Å²) >= 11 is 1.45. The van der Waals surface area contributed by atoms with Crippen molar-refractivity contribution in [1.29, 1.82) is 0 Å². The molecule has 1 aromatic carbocycles. The molecule has 3 aromatic rings. The van der Waals surface area contributed by atoms with Crippen LogP contribution in [0.2, 0.25) is 0 Å². The van der Waals surface area contributed by atoms with Crippen LogP contribution in [-0.4, -0.2) is 11.1 Å². The number of thiazole rings is 1. The first kappa shape index (κ1) is 14.8. The quantitative estimate of drug-likeness (QED) is 0.722. The van der Waals surface area contributed by atoms with E-state index in [9.17, 15) is 4.79 Å². The minimum atomic E-state index is -0.0517. The lowest BCUT2D eigenvalue weighted by Crippen LogP contribution is -2.09. The van der Waals surface area contributed by atoms with Crippen LogP contribution < -0.4 is 10.2 Å². The fourth-order valence-corrected chi connectivity index (χ4v) is 3.18. The zero-order chi connectivity index (χ0) is 15.9. The average molecular weight is 315 g/mol. The first-order chi connectivity index (χ1) is 10.5. The van der Waals surface area contributed by atoms with E-state index >= 15 is 0 Å². The van der Waals surface area contributed by atoms with Gasteiger partial charge in [-0.05, 0) is 39.3 Å².